The lowest BCUT2D eigenvalue weighted by molar-refractivity contribution is 0.123. The highest BCUT2D eigenvalue weighted by Crippen LogP contribution is 2.19. The van der Waals surface area contributed by atoms with Gasteiger partial charge in [-0.05, 0) is 6.42 Å². The summed E-state index contributed by atoms with van der Waals surface area (Å²) in [6, 6.07) is 0. The zero-order valence-corrected chi connectivity index (χ0v) is 10.8. The van der Waals surface area contributed by atoms with Crippen LogP contribution in [0.1, 0.15) is 71.1 Å². The van der Waals surface area contributed by atoms with E-state index in [0.29, 0.717) is 0 Å². The van der Waals surface area contributed by atoms with E-state index < -0.39 is 0 Å². The zero-order valence-electron chi connectivity index (χ0n) is 10.8. The number of rotatable bonds is 11. The van der Waals surface area contributed by atoms with Crippen molar-refractivity contribution in [3.05, 3.63) is 0 Å². The van der Waals surface area contributed by atoms with Gasteiger partial charge in [0, 0.05) is 0 Å². The molecule has 1 fully saturated rings. The molecule has 16 heavy (non-hydrogen) atoms. The molecule has 2 nitrogen and oxygen atoms in total. The first-order chi connectivity index (χ1) is 7.84. The quantitative estimate of drug-likeness (QED) is 0.432. The Bertz CT molecular complexity index is 155. The van der Waals surface area contributed by atoms with Crippen LogP contribution in [-0.2, 0) is 4.74 Å². The van der Waals surface area contributed by atoms with Gasteiger partial charge in [0.05, 0.1) is 12.7 Å². The van der Waals surface area contributed by atoms with Crippen molar-refractivity contribution in [1.29, 1.82) is 0 Å². The van der Waals surface area contributed by atoms with E-state index in [4.69, 9.17) is 4.74 Å². The molecule has 1 saturated heterocycles. The topological polar surface area (TPSA) is 32.8 Å². The molecule has 0 aromatic carbocycles. The van der Waals surface area contributed by atoms with Gasteiger partial charge in [-0.3, -0.25) is 0 Å². The summed E-state index contributed by atoms with van der Waals surface area (Å²) in [7, 11) is 0. The first-order valence-corrected chi connectivity index (χ1v) is 7.14. The van der Waals surface area contributed by atoms with Crippen LogP contribution in [0.25, 0.3) is 0 Å². The summed E-state index contributed by atoms with van der Waals surface area (Å²) in [5, 5.41) is 9.56. The molecular weight excluding hydrogens is 200 g/mol. The summed E-state index contributed by atoms with van der Waals surface area (Å²) < 4.78 is 5.05. The van der Waals surface area contributed by atoms with E-state index >= 15 is 0 Å². The van der Waals surface area contributed by atoms with Crippen LogP contribution in [0.15, 0.2) is 0 Å². The maximum atomic E-state index is 9.56. The number of hydrogen-bond acceptors (Lipinski definition) is 2. The van der Waals surface area contributed by atoms with E-state index in [1.54, 1.807) is 0 Å². The van der Waals surface area contributed by atoms with Gasteiger partial charge in [-0.25, -0.2) is 0 Å². The minimum absolute atomic E-state index is 0.175. The van der Waals surface area contributed by atoms with Crippen LogP contribution in [0, 0.1) is 0 Å². The van der Waals surface area contributed by atoms with Crippen molar-refractivity contribution >= 4 is 0 Å². The lowest BCUT2D eigenvalue weighted by Gasteiger charge is -2.06. The molecule has 2 atom stereocenters. The van der Waals surface area contributed by atoms with Crippen LogP contribution in [0.5, 0.6) is 0 Å². The molecule has 1 rings (SSSR count). The second-order valence-electron chi connectivity index (χ2n) is 5.06. The monoisotopic (exact) mass is 228 g/mol. The minimum Gasteiger partial charge on any atom is -0.390 e. The molecule has 0 saturated carbocycles. The molecule has 0 aromatic heterocycles. The molecule has 0 spiro atoms. The Labute approximate surface area is 100 Å². The van der Waals surface area contributed by atoms with Gasteiger partial charge in [-0.2, -0.15) is 0 Å². The Kier molecular flexibility index (Phi) is 7.87. The number of hydrogen-bond donors (Lipinski definition) is 1. The van der Waals surface area contributed by atoms with Gasteiger partial charge in [-0.15, -0.1) is 0 Å². The standard InChI is InChI=1S/C14H28O2/c1-2-3-4-5-6-7-8-9-10-11-13(15)14-12-16-14/h13-15H,2-12H2,1H3/t13?,14-/m0/s1. The summed E-state index contributed by atoms with van der Waals surface area (Å²) in [4.78, 5) is 0. The first-order valence-electron chi connectivity index (χ1n) is 7.14. The maximum Gasteiger partial charge on any atom is 0.107 e. The van der Waals surface area contributed by atoms with Gasteiger partial charge in [0.2, 0.25) is 0 Å². The number of aliphatic hydroxyl groups is 1. The highest BCUT2D eigenvalue weighted by atomic mass is 16.6. The summed E-state index contributed by atoms with van der Waals surface area (Å²) >= 11 is 0. The van der Waals surface area contributed by atoms with Crippen molar-refractivity contribution in [2.45, 2.75) is 83.3 Å². The highest BCUT2D eigenvalue weighted by Gasteiger charge is 2.30. The summed E-state index contributed by atoms with van der Waals surface area (Å²) in [5.41, 5.74) is 0. The second-order valence-corrected chi connectivity index (χ2v) is 5.06. The van der Waals surface area contributed by atoms with E-state index in [1.165, 1.54) is 51.4 Å². The molecule has 1 unspecified atom stereocenters. The summed E-state index contributed by atoms with van der Waals surface area (Å²) in [6.07, 6.45) is 13.0. The van der Waals surface area contributed by atoms with Gasteiger partial charge < -0.3 is 9.84 Å². The maximum absolute atomic E-state index is 9.56. The third-order valence-corrected chi connectivity index (χ3v) is 3.39. The van der Waals surface area contributed by atoms with Crippen LogP contribution in [-0.4, -0.2) is 23.9 Å². The Morgan fingerprint density at radius 2 is 1.50 bits per heavy atom. The Hall–Kier alpha value is -0.0800. The van der Waals surface area contributed by atoms with Crippen molar-refractivity contribution in [3.63, 3.8) is 0 Å². The molecule has 1 heterocycles. The van der Waals surface area contributed by atoms with Crippen LogP contribution in [0.2, 0.25) is 0 Å². The molecule has 0 bridgehead atoms. The van der Waals surface area contributed by atoms with Crippen LogP contribution >= 0.6 is 0 Å². The van der Waals surface area contributed by atoms with Gasteiger partial charge in [0.25, 0.3) is 0 Å². The lowest BCUT2D eigenvalue weighted by Crippen LogP contribution is -2.13. The van der Waals surface area contributed by atoms with Gasteiger partial charge >= 0.3 is 0 Å². The molecule has 0 radical (unpaired) electrons. The van der Waals surface area contributed by atoms with Gasteiger partial charge in [-0.1, -0.05) is 64.7 Å². The second kappa shape index (κ2) is 9.00. The number of epoxide rings is 1. The molecule has 2 heteroatoms. The average molecular weight is 228 g/mol. The fourth-order valence-electron chi connectivity index (χ4n) is 2.13. The molecule has 0 aliphatic carbocycles. The number of aliphatic hydroxyl groups excluding tert-OH is 1. The molecule has 1 aliphatic rings. The first kappa shape index (κ1) is 14.0. The number of unbranched alkanes of at least 4 members (excludes halogenated alkanes) is 8. The highest BCUT2D eigenvalue weighted by molar-refractivity contribution is 4.77. The summed E-state index contributed by atoms with van der Waals surface area (Å²) in [5.74, 6) is 0. The molecule has 0 aromatic rings. The molecular formula is C14H28O2. The number of ether oxygens (including phenoxy) is 1. The minimum atomic E-state index is -0.190. The van der Waals surface area contributed by atoms with Crippen molar-refractivity contribution in [2.75, 3.05) is 6.61 Å². The van der Waals surface area contributed by atoms with Gasteiger partial charge in [0.15, 0.2) is 0 Å². The summed E-state index contributed by atoms with van der Waals surface area (Å²) in [6.45, 7) is 3.04. The van der Waals surface area contributed by atoms with Crippen LogP contribution < -0.4 is 0 Å². The molecule has 1 aliphatic heterocycles. The van der Waals surface area contributed by atoms with Crippen molar-refractivity contribution in [1.82, 2.24) is 0 Å². The van der Waals surface area contributed by atoms with Crippen molar-refractivity contribution < 1.29 is 9.84 Å². The Morgan fingerprint density at radius 3 is 2.00 bits per heavy atom. The Morgan fingerprint density at radius 1 is 1.00 bits per heavy atom. The van der Waals surface area contributed by atoms with Crippen molar-refractivity contribution in [2.24, 2.45) is 0 Å². The fourth-order valence-corrected chi connectivity index (χ4v) is 2.13. The largest absolute Gasteiger partial charge is 0.390 e. The SMILES string of the molecule is CCCCCCCCCCCC(O)[C@@H]1CO1. The van der Waals surface area contributed by atoms with Crippen molar-refractivity contribution in [3.8, 4) is 0 Å². The normalized spacial score (nSPS) is 21.0. The molecule has 0 amide bonds. The Balaban J connectivity index is 1.71. The zero-order chi connectivity index (χ0) is 11.6. The van der Waals surface area contributed by atoms with E-state index in [0.717, 1.165) is 19.4 Å². The van der Waals surface area contributed by atoms with E-state index in [9.17, 15) is 5.11 Å². The van der Waals surface area contributed by atoms with Crippen LogP contribution in [0.3, 0.4) is 0 Å². The molecule has 1 N–H and O–H groups in total. The van der Waals surface area contributed by atoms with E-state index in [2.05, 4.69) is 6.92 Å². The fraction of sp³-hybridized carbons (Fsp3) is 1.00. The molecule has 96 valence electrons. The van der Waals surface area contributed by atoms with E-state index in [-0.39, 0.29) is 12.2 Å². The third-order valence-electron chi connectivity index (χ3n) is 3.39. The van der Waals surface area contributed by atoms with Crippen LogP contribution in [0.4, 0.5) is 0 Å². The van der Waals surface area contributed by atoms with Gasteiger partial charge in [0.1, 0.15) is 6.10 Å². The average Bonchev–Trinajstić information content (AvgIpc) is 3.10. The predicted molar refractivity (Wildman–Crippen MR) is 67.6 cm³/mol. The lowest BCUT2D eigenvalue weighted by atomic mass is 10.0. The van der Waals surface area contributed by atoms with E-state index in [1.807, 2.05) is 0 Å². The predicted octanol–water partition coefficient (Wildman–Crippen LogP) is 3.67. The third kappa shape index (κ3) is 7.24. The smallest absolute Gasteiger partial charge is 0.107 e.